The molecule has 22 heavy (non-hydrogen) atoms. The van der Waals surface area contributed by atoms with Gasteiger partial charge in [-0.1, -0.05) is 6.08 Å². The van der Waals surface area contributed by atoms with Gasteiger partial charge in [0.25, 0.3) is 0 Å². The van der Waals surface area contributed by atoms with Crippen LogP contribution in [-0.4, -0.2) is 33.9 Å². The standard InChI is InChI=1S/C14H11F3N4O/c15-14(16,17)22-12-3-1-11(2-4-12)21-9-19-13(20-21)10-5-7-18-8-6-10/h1-5,8-9H,6-7H2. The maximum absolute atomic E-state index is 12.1. The van der Waals surface area contributed by atoms with E-state index in [4.69, 9.17) is 0 Å². The number of rotatable bonds is 3. The summed E-state index contributed by atoms with van der Waals surface area (Å²) in [5.41, 5.74) is 1.57. The van der Waals surface area contributed by atoms with Crippen LogP contribution >= 0.6 is 0 Å². The first-order chi connectivity index (χ1) is 10.5. The van der Waals surface area contributed by atoms with E-state index in [1.54, 1.807) is 6.21 Å². The molecular weight excluding hydrogens is 297 g/mol. The predicted octanol–water partition coefficient (Wildman–Crippen LogP) is 3.02. The summed E-state index contributed by atoms with van der Waals surface area (Å²) in [6.07, 6.45) is 1.24. The van der Waals surface area contributed by atoms with Gasteiger partial charge in [0.2, 0.25) is 0 Å². The molecule has 0 atom stereocenters. The zero-order chi connectivity index (χ0) is 15.6. The highest BCUT2D eigenvalue weighted by Gasteiger charge is 2.30. The van der Waals surface area contributed by atoms with Gasteiger partial charge in [0.05, 0.1) is 12.2 Å². The lowest BCUT2D eigenvalue weighted by molar-refractivity contribution is -0.274. The van der Waals surface area contributed by atoms with E-state index in [0.717, 1.165) is 5.57 Å². The van der Waals surface area contributed by atoms with Gasteiger partial charge < -0.3 is 4.74 Å². The third-order valence-corrected chi connectivity index (χ3v) is 3.00. The topological polar surface area (TPSA) is 52.3 Å². The monoisotopic (exact) mass is 308 g/mol. The van der Waals surface area contributed by atoms with Gasteiger partial charge >= 0.3 is 6.36 Å². The number of hydrogen-bond donors (Lipinski definition) is 0. The van der Waals surface area contributed by atoms with Crippen LogP contribution in [0.4, 0.5) is 13.2 Å². The number of alkyl halides is 3. The van der Waals surface area contributed by atoms with Crippen molar-refractivity contribution in [1.82, 2.24) is 14.8 Å². The van der Waals surface area contributed by atoms with E-state index in [2.05, 4.69) is 19.8 Å². The second-order valence-electron chi connectivity index (χ2n) is 4.54. The minimum absolute atomic E-state index is 0.275. The average Bonchev–Trinajstić information content (AvgIpc) is 2.97. The highest BCUT2D eigenvalue weighted by atomic mass is 19.4. The fraction of sp³-hybridized carbons (Fsp3) is 0.214. The molecule has 0 unspecified atom stereocenters. The molecule has 0 saturated heterocycles. The van der Waals surface area contributed by atoms with Crippen LogP contribution in [0.3, 0.4) is 0 Å². The van der Waals surface area contributed by atoms with Crippen LogP contribution in [-0.2, 0) is 0 Å². The Kier molecular flexibility index (Phi) is 3.66. The number of aliphatic imine (C=N–C) groups is 1. The summed E-state index contributed by atoms with van der Waals surface area (Å²) in [4.78, 5) is 8.30. The number of dihydropyridines is 1. The molecule has 5 nitrogen and oxygen atoms in total. The minimum atomic E-state index is -4.70. The normalized spacial score (nSPS) is 14.8. The molecule has 1 aromatic carbocycles. The largest absolute Gasteiger partial charge is 0.573 e. The van der Waals surface area contributed by atoms with Crippen molar-refractivity contribution in [3.63, 3.8) is 0 Å². The molecule has 0 bridgehead atoms. The molecule has 1 aromatic heterocycles. The molecular formula is C14H11F3N4O. The van der Waals surface area contributed by atoms with Crippen molar-refractivity contribution >= 4 is 11.8 Å². The van der Waals surface area contributed by atoms with Gasteiger partial charge in [0.15, 0.2) is 5.82 Å². The molecule has 2 heterocycles. The van der Waals surface area contributed by atoms with Crippen molar-refractivity contribution < 1.29 is 17.9 Å². The van der Waals surface area contributed by atoms with Crippen LogP contribution < -0.4 is 4.74 Å². The Morgan fingerprint density at radius 2 is 1.91 bits per heavy atom. The van der Waals surface area contributed by atoms with Gasteiger partial charge in [-0.3, -0.25) is 4.99 Å². The van der Waals surface area contributed by atoms with E-state index >= 15 is 0 Å². The first-order valence-corrected chi connectivity index (χ1v) is 6.47. The van der Waals surface area contributed by atoms with Crippen LogP contribution in [0.1, 0.15) is 12.2 Å². The molecule has 0 saturated carbocycles. The fourth-order valence-corrected chi connectivity index (χ4v) is 2.00. The quantitative estimate of drug-likeness (QED) is 0.876. The molecule has 1 aliphatic heterocycles. The molecule has 0 amide bonds. The Morgan fingerprint density at radius 1 is 1.14 bits per heavy atom. The smallest absolute Gasteiger partial charge is 0.406 e. The molecule has 3 rings (SSSR count). The van der Waals surface area contributed by atoms with Crippen molar-refractivity contribution in [2.24, 2.45) is 4.99 Å². The van der Waals surface area contributed by atoms with E-state index in [-0.39, 0.29) is 5.75 Å². The Labute approximate surface area is 123 Å². The van der Waals surface area contributed by atoms with E-state index < -0.39 is 6.36 Å². The van der Waals surface area contributed by atoms with Crippen LogP contribution in [0.25, 0.3) is 11.3 Å². The summed E-state index contributed by atoms with van der Waals surface area (Å²) in [6, 6.07) is 5.43. The number of nitrogens with zero attached hydrogens (tertiary/aromatic N) is 4. The molecule has 0 N–H and O–H groups in total. The molecule has 1 aliphatic rings. The molecule has 2 aromatic rings. The molecule has 0 fully saturated rings. The van der Waals surface area contributed by atoms with Crippen molar-refractivity contribution in [2.45, 2.75) is 12.8 Å². The Hall–Kier alpha value is -2.64. The van der Waals surface area contributed by atoms with Crippen molar-refractivity contribution in [3.8, 4) is 11.4 Å². The number of allylic oxidation sites excluding steroid dienone is 1. The summed E-state index contributed by atoms with van der Waals surface area (Å²) in [5.74, 6) is 0.310. The Morgan fingerprint density at radius 3 is 2.55 bits per heavy atom. The van der Waals surface area contributed by atoms with Crippen molar-refractivity contribution in [2.75, 3.05) is 6.54 Å². The minimum Gasteiger partial charge on any atom is -0.406 e. The molecule has 8 heteroatoms. The second-order valence-corrected chi connectivity index (χ2v) is 4.54. The van der Waals surface area contributed by atoms with Crippen LogP contribution in [0.15, 0.2) is 41.7 Å². The fourth-order valence-electron chi connectivity index (χ4n) is 2.00. The zero-order valence-electron chi connectivity index (χ0n) is 11.3. The van der Waals surface area contributed by atoms with E-state index in [1.165, 1.54) is 35.3 Å². The maximum Gasteiger partial charge on any atom is 0.573 e. The molecule has 0 radical (unpaired) electrons. The van der Waals surface area contributed by atoms with E-state index in [9.17, 15) is 13.2 Å². The van der Waals surface area contributed by atoms with Gasteiger partial charge in [-0.15, -0.1) is 18.3 Å². The number of halogens is 3. The Balaban J connectivity index is 1.77. The second kappa shape index (κ2) is 5.63. The zero-order valence-corrected chi connectivity index (χ0v) is 11.3. The van der Waals surface area contributed by atoms with Crippen LogP contribution in [0, 0.1) is 0 Å². The number of hydrogen-bond acceptors (Lipinski definition) is 4. The van der Waals surface area contributed by atoms with Crippen LogP contribution in [0.2, 0.25) is 0 Å². The lowest BCUT2D eigenvalue weighted by atomic mass is 10.1. The predicted molar refractivity (Wildman–Crippen MR) is 74.0 cm³/mol. The summed E-state index contributed by atoms with van der Waals surface area (Å²) in [5, 5.41) is 4.32. The average molecular weight is 308 g/mol. The first-order valence-electron chi connectivity index (χ1n) is 6.47. The molecule has 0 spiro atoms. The Bertz CT molecular complexity index is 716. The number of benzene rings is 1. The molecule has 114 valence electrons. The summed E-state index contributed by atoms with van der Waals surface area (Å²) < 4.78 is 41.6. The lowest BCUT2D eigenvalue weighted by Gasteiger charge is -2.09. The van der Waals surface area contributed by atoms with E-state index in [1.807, 2.05) is 6.08 Å². The third kappa shape index (κ3) is 3.33. The maximum atomic E-state index is 12.1. The number of aromatic nitrogens is 3. The highest BCUT2D eigenvalue weighted by Crippen LogP contribution is 2.23. The van der Waals surface area contributed by atoms with Gasteiger partial charge in [-0.25, -0.2) is 9.67 Å². The third-order valence-electron chi connectivity index (χ3n) is 3.00. The van der Waals surface area contributed by atoms with Crippen molar-refractivity contribution in [3.05, 3.63) is 42.5 Å². The van der Waals surface area contributed by atoms with E-state index in [0.29, 0.717) is 24.5 Å². The van der Waals surface area contributed by atoms with Crippen LogP contribution in [0.5, 0.6) is 5.75 Å². The van der Waals surface area contributed by atoms with Gasteiger partial charge in [0, 0.05) is 18.2 Å². The summed E-state index contributed by atoms with van der Waals surface area (Å²) in [6.45, 7) is 0.605. The lowest BCUT2D eigenvalue weighted by Crippen LogP contribution is -2.17. The summed E-state index contributed by atoms with van der Waals surface area (Å²) >= 11 is 0. The highest BCUT2D eigenvalue weighted by molar-refractivity contribution is 5.79. The summed E-state index contributed by atoms with van der Waals surface area (Å²) in [7, 11) is 0. The first kappa shape index (κ1) is 14.3. The van der Waals surface area contributed by atoms with Gasteiger partial charge in [-0.05, 0) is 24.3 Å². The molecule has 0 aliphatic carbocycles. The number of ether oxygens (including phenoxy) is 1. The van der Waals surface area contributed by atoms with Gasteiger partial charge in [-0.2, -0.15) is 0 Å². The SMILES string of the molecule is FC(F)(F)Oc1ccc(-n2cnc(C3=CCN=CC3)n2)cc1. The van der Waals surface area contributed by atoms with Gasteiger partial charge in [0.1, 0.15) is 12.1 Å². The van der Waals surface area contributed by atoms with Crippen molar-refractivity contribution in [1.29, 1.82) is 0 Å².